The second-order valence-electron chi connectivity index (χ2n) is 11.2. The van der Waals surface area contributed by atoms with Crippen molar-refractivity contribution in [2.75, 3.05) is 18.4 Å². The quantitative estimate of drug-likeness (QED) is 0.270. The van der Waals surface area contributed by atoms with Crippen LogP contribution >= 0.6 is 0 Å². The number of carbonyl (C=O) groups excluding carboxylic acids is 3. The third-order valence-electron chi connectivity index (χ3n) is 8.08. The Morgan fingerprint density at radius 2 is 1.79 bits per heavy atom. The van der Waals surface area contributed by atoms with E-state index in [1.165, 1.54) is 0 Å². The van der Waals surface area contributed by atoms with Gasteiger partial charge in [-0.05, 0) is 85.4 Å². The van der Waals surface area contributed by atoms with Crippen molar-refractivity contribution in [1.29, 1.82) is 5.26 Å². The van der Waals surface area contributed by atoms with E-state index in [-0.39, 0.29) is 11.8 Å². The minimum absolute atomic E-state index is 0.0441. The number of hydrogen-bond donors (Lipinski definition) is 3. The number of H-pyrrole nitrogens is 1. The summed E-state index contributed by atoms with van der Waals surface area (Å²) in [5.74, 6) is -0.733. The molecular formula is C34H33N5O3. The second kappa shape index (κ2) is 11.0. The van der Waals surface area contributed by atoms with E-state index in [2.05, 4.69) is 16.4 Å². The standard InChI is InChI=1S/C34H33N5O3/c1-20-25(6-5-7-29(20)38-33(42)23-8-10-24(11-9-23)34(3,4)19-35)26-12-13-27(32(36)41)31-28(26)18-30(37-31)22-14-16-39(17-15-22)21(2)40/h5-14,18,37H,15-17H2,1-4H3,(H2,36,41)(H,38,42). The molecule has 3 amide bonds. The summed E-state index contributed by atoms with van der Waals surface area (Å²) < 4.78 is 0. The molecule has 3 aromatic carbocycles. The molecule has 212 valence electrons. The summed E-state index contributed by atoms with van der Waals surface area (Å²) in [4.78, 5) is 42.4. The lowest BCUT2D eigenvalue weighted by atomic mass is 9.86. The van der Waals surface area contributed by atoms with Crippen LogP contribution in [0.3, 0.4) is 0 Å². The first-order chi connectivity index (χ1) is 20.0. The van der Waals surface area contributed by atoms with Crippen molar-refractivity contribution in [3.8, 4) is 17.2 Å². The fourth-order valence-electron chi connectivity index (χ4n) is 5.39. The zero-order chi connectivity index (χ0) is 30.2. The normalized spacial score (nSPS) is 13.4. The van der Waals surface area contributed by atoms with Crippen molar-refractivity contribution >= 4 is 39.9 Å². The summed E-state index contributed by atoms with van der Waals surface area (Å²) >= 11 is 0. The van der Waals surface area contributed by atoms with Gasteiger partial charge in [-0.1, -0.05) is 36.4 Å². The molecule has 0 radical (unpaired) electrons. The third-order valence-corrected chi connectivity index (χ3v) is 8.08. The molecule has 0 atom stereocenters. The first-order valence-corrected chi connectivity index (χ1v) is 13.8. The zero-order valence-corrected chi connectivity index (χ0v) is 24.2. The SMILES string of the molecule is CC(=O)N1CC=C(c2cc3c(-c4cccc(NC(=O)c5ccc(C(C)(C)C#N)cc5)c4C)ccc(C(N)=O)c3[nH]2)CC1. The van der Waals surface area contributed by atoms with Gasteiger partial charge in [-0.2, -0.15) is 5.26 Å². The maximum atomic E-state index is 13.2. The number of nitrogens with one attached hydrogen (secondary N) is 2. The highest BCUT2D eigenvalue weighted by Crippen LogP contribution is 2.37. The Morgan fingerprint density at radius 3 is 2.40 bits per heavy atom. The molecule has 42 heavy (non-hydrogen) atoms. The number of aromatic amines is 1. The molecule has 1 aliphatic heterocycles. The van der Waals surface area contributed by atoms with E-state index < -0.39 is 11.3 Å². The highest BCUT2D eigenvalue weighted by Gasteiger charge is 2.22. The molecule has 2 heterocycles. The van der Waals surface area contributed by atoms with E-state index in [1.54, 1.807) is 42.2 Å². The number of nitrogens with two attached hydrogens (primary N) is 1. The van der Waals surface area contributed by atoms with Crippen LogP contribution in [0.4, 0.5) is 5.69 Å². The predicted octanol–water partition coefficient (Wildman–Crippen LogP) is 5.93. The highest BCUT2D eigenvalue weighted by atomic mass is 16.2. The second-order valence-corrected chi connectivity index (χ2v) is 11.2. The van der Waals surface area contributed by atoms with Crippen LogP contribution in [-0.2, 0) is 10.2 Å². The van der Waals surface area contributed by atoms with E-state index >= 15 is 0 Å². The van der Waals surface area contributed by atoms with Crippen LogP contribution in [0.25, 0.3) is 27.6 Å². The first kappa shape index (κ1) is 28.4. The van der Waals surface area contributed by atoms with Gasteiger partial charge in [0.2, 0.25) is 5.91 Å². The summed E-state index contributed by atoms with van der Waals surface area (Å²) in [6, 6.07) is 20.7. The van der Waals surface area contributed by atoms with Crippen LogP contribution in [-0.4, -0.2) is 40.7 Å². The van der Waals surface area contributed by atoms with Gasteiger partial charge < -0.3 is 20.9 Å². The molecule has 8 heteroatoms. The number of benzene rings is 3. The minimum Gasteiger partial charge on any atom is -0.366 e. The summed E-state index contributed by atoms with van der Waals surface area (Å²) in [5, 5.41) is 13.3. The molecule has 0 fully saturated rings. The smallest absolute Gasteiger partial charge is 0.255 e. The molecule has 0 aliphatic carbocycles. The Hall–Kier alpha value is -5.16. The Kier molecular flexibility index (Phi) is 7.44. The van der Waals surface area contributed by atoms with Crippen molar-refractivity contribution in [3.05, 3.63) is 94.7 Å². The van der Waals surface area contributed by atoms with Gasteiger partial charge in [0.25, 0.3) is 11.8 Å². The van der Waals surface area contributed by atoms with Crippen molar-refractivity contribution in [2.45, 2.75) is 39.5 Å². The number of nitrogens with zero attached hydrogens (tertiary/aromatic N) is 2. The number of anilines is 1. The first-order valence-electron chi connectivity index (χ1n) is 13.8. The topological polar surface area (TPSA) is 132 Å². The molecular weight excluding hydrogens is 526 g/mol. The lowest BCUT2D eigenvalue weighted by Gasteiger charge is -2.24. The summed E-state index contributed by atoms with van der Waals surface area (Å²) in [6.07, 6.45) is 2.73. The van der Waals surface area contributed by atoms with Gasteiger partial charge in [-0.3, -0.25) is 14.4 Å². The molecule has 0 spiro atoms. The van der Waals surface area contributed by atoms with Crippen molar-refractivity contribution in [2.24, 2.45) is 5.73 Å². The maximum Gasteiger partial charge on any atom is 0.255 e. The number of nitriles is 1. The van der Waals surface area contributed by atoms with Gasteiger partial charge in [0.1, 0.15) is 0 Å². The number of primary amides is 1. The van der Waals surface area contributed by atoms with Gasteiger partial charge in [0, 0.05) is 42.3 Å². The van der Waals surface area contributed by atoms with E-state index in [1.807, 2.05) is 57.2 Å². The predicted molar refractivity (Wildman–Crippen MR) is 165 cm³/mol. The molecule has 0 bridgehead atoms. The van der Waals surface area contributed by atoms with E-state index in [0.29, 0.717) is 41.8 Å². The maximum absolute atomic E-state index is 13.2. The Morgan fingerprint density at radius 1 is 1.05 bits per heavy atom. The number of rotatable bonds is 6. The van der Waals surface area contributed by atoms with Gasteiger partial charge in [0.15, 0.2) is 0 Å². The number of hydrogen-bond acceptors (Lipinski definition) is 4. The van der Waals surface area contributed by atoms with Crippen LogP contribution in [0.1, 0.15) is 64.7 Å². The molecule has 8 nitrogen and oxygen atoms in total. The van der Waals surface area contributed by atoms with E-state index in [0.717, 1.165) is 38.9 Å². The number of aromatic nitrogens is 1. The zero-order valence-electron chi connectivity index (χ0n) is 24.2. The van der Waals surface area contributed by atoms with Gasteiger partial charge >= 0.3 is 0 Å². The Balaban J connectivity index is 1.50. The minimum atomic E-state index is -0.643. The monoisotopic (exact) mass is 559 g/mol. The lowest BCUT2D eigenvalue weighted by molar-refractivity contribution is -0.128. The molecule has 4 aromatic rings. The van der Waals surface area contributed by atoms with Gasteiger partial charge in [-0.25, -0.2) is 0 Å². The summed E-state index contributed by atoms with van der Waals surface area (Å²) in [5.41, 5.74) is 12.8. The Labute approximate surface area is 244 Å². The van der Waals surface area contributed by atoms with Crippen molar-refractivity contribution in [3.63, 3.8) is 0 Å². The largest absolute Gasteiger partial charge is 0.366 e. The van der Waals surface area contributed by atoms with E-state index in [4.69, 9.17) is 5.73 Å². The molecule has 5 rings (SSSR count). The van der Waals surface area contributed by atoms with Crippen LogP contribution in [0, 0.1) is 18.3 Å². The average molecular weight is 560 g/mol. The lowest BCUT2D eigenvalue weighted by Crippen LogP contribution is -2.32. The average Bonchev–Trinajstić information content (AvgIpc) is 3.43. The number of fused-ring (bicyclic) bond motifs is 1. The van der Waals surface area contributed by atoms with E-state index in [9.17, 15) is 19.6 Å². The molecule has 0 saturated carbocycles. The van der Waals surface area contributed by atoms with Crippen LogP contribution in [0.2, 0.25) is 0 Å². The molecule has 1 aliphatic rings. The molecule has 0 saturated heterocycles. The fourth-order valence-corrected chi connectivity index (χ4v) is 5.39. The van der Waals surface area contributed by atoms with Gasteiger partial charge in [0.05, 0.1) is 22.6 Å². The molecule has 1 aromatic heterocycles. The Bertz CT molecular complexity index is 1810. The molecule has 4 N–H and O–H groups in total. The number of amides is 3. The number of carbonyl (C=O) groups is 3. The molecule has 0 unspecified atom stereocenters. The van der Waals surface area contributed by atoms with Crippen LogP contribution in [0.15, 0.2) is 66.7 Å². The fraction of sp³-hybridized carbons (Fsp3) is 0.235. The highest BCUT2D eigenvalue weighted by molar-refractivity contribution is 6.11. The third kappa shape index (κ3) is 5.29. The van der Waals surface area contributed by atoms with Crippen LogP contribution < -0.4 is 11.1 Å². The summed E-state index contributed by atoms with van der Waals surface area (Å²) in [6.45, 7) is 8.36. The van der Waals surface area contributed by atoms with Crippen molar-refractivity contribution in [1.82, 2.24) is 9.88 Å². The van der Waals surface area contributed by atoms with Crippen molar-refractivity contribution < 1.29 is 14.4 Å². The summed E-state index contributed by atoms with van der Waals surface area (Å²) in [7, 11) is 0. The van der Waals surface area contributed by atoms with Crippen LogP contribution in [0.5, 0.6) is 0 Å². The van der Waals surface area contributed by atoms with Gasteiger partial charge in [-0.15, -0.1) is 0 Å².